The molecule has 0 aromatic heterocycles. The summed E-state index contributed by atoms with van der Waals surface area (Å²) in [6.45, 7) is 5.73. The largest absolute Gasteiger partial charge is 0.122 e. The molecule has 1 aliphatic carbocycles. The Morgan fingerprint density at radius 1 is 1.75 bits per heavy atom. The molecule has 1 rings (SSSR count). The number of rotatable bonds is 0. The van der Waals surface area contributed by atoms with Crippen LogP contribution in [0.2, 0.25) is 0 Å². The molecule has 0 unspecified atom stereocenters. The average Bonchev–Trinajstić information content (AvgIpc) is 1.64. The maximum atomic E-state index is 3.73. The van der Waals surface area contributed by atoms with Crippen molar-refractivity contribution in [2.45, 2.75) is 6.92 Å². The van der Waals surface area contributed by atoms with Gasteiger partial charge in [-0.15, -0.1) is 0 Å². The topological polar surface area (TPSA) is 0 Å². The zero-order chi connectivity index (χ0) is 5.98. The number of hydrogen-bond acceptors (Lipinski definition) is 0. The van der Waals surface area contributed by atoms with Crippen LogP contribution in [0, 0.1) is 12.5 Å². The van der Waals surface area contributed by atoms with Crippen molar-refractivity contribution >= 4 is 0 Å². The third-order valence-corrected chi connectivity index (χ3v) is 1.00. The zero-order valence-corrected chi connectivity index (χ0v) is 4.94. The molecule has 0 saturated heterocycles. The van der Waals surface area contributed by atoms with E-state index < -0.39 is 0 Å². The molecular weight excluding hydrogens is 96.1 g/mol. The lowest BCUT2D eigenvalue weighted by atomic mass is 10.1. The molecule has 0 saturated carbocycles. The Morgan fingerprint density at radius 2 is 2.50 bits per heavy atom. The Balaban J connectivity index is 2.77. The van der Waals surface area contributed by atoms with Gasteiger partial charge in [0.05, 0.1) is 5.57 Å². The molecule has 0 aliphatic heterocycles. The van der Waals surface area contributed by atoms with E-state index in [0.29, 0.717) is 0 Å². The summed E-state index contributed by atoms with van der Waals surface area (Å²) in [5.41, 5.74) is 2.11. The van der Waals surface area contributed by atoms with Crippen molar-refractivity contribution in [2.24, 2.45) is 0 Å². The summed E-state index contributed by atoms with van der Waals surface area (Å²) in [6, 6.07) is 0. The predicted molar refractivity (Wildman–Crippen MR) is 35.0 cm³/mol. The third-order valence-electron chi connectivity index (χ3n) is 1.00. The minimum Gasteiger partial charge on any atom is -0.0194 e. The lowest BCUT2D eigenvalue weighted by molar-refractivity contribution is 1.38. The monoisotopic (exact) mass is 104 g/mol. The molecule has 0 amide bonds. The normalized spacial score (nSPS) is 17.6. The zero-order valence-electron chi connectivity index (χ0n) is 4.94. The molecule has 0 aromatic carbocycles. The van der Waals surface area contributed by atoms with E-state index in [-0.39, 0.29) is 0 Å². The molecule has 1 radical (unpaired) electrons. The molecule has 0 heterocycles. The maximum absolute atomic E-state index is 3.73. The number of hydrogen-bond donors (Lipinski definition) is 0. The van der Waals surface area contributed by atoms with E-state index in [4.69, 9.17) is 0 Å². The minimum absolute atomic E-state index is 0.963. The number of allylic oxidation sites excluding steroid dienone is 5. The van der Waals surface area contributed by atoms with Crippen LogP contribution in [0.25, 0.3) is 0 Å². The second-order valence-electron chi connectivity index (χ2n) is 1.86. The van der Waals surface area contributed by atoms with Gasteiger partial charge in [0, 0.05) is 18.6 Å². The van der Waals surface area contributed by atoms with Crippen LogP contribution in [0.3, 0.4) is 0 Å². The van der Waals surface area contributed by atoms with Gasteiger partial charge >= 0.3 is 0 Å². The van der Waals surface area contributed by atoms with E-state index in [0.717, 1.165) is 11.1 Å². The first-order valence-corrected chi connectivity index (χ1v) is 2.60. The lowest BCUT2D eigenvalue weighted by Crippen LogP contribution is -1.83. The highest BCUT2D eigenvalue weighted by Crippen LogP contribution is 2.09. The van der Waals surface area contributed by atoms with Crippen LogP contribution < -0.4 is 0 Å². The smallest absolute Gasteiger partial charge is 0.0194 e. The van der Waals surface area contributed by atoms with Crippen molar-refractivity contribution in [3.05, 3.63) is 42.4 Å². The summed E-state index contributed by atoms with van der Waals surface area (Å²) in [4.78, 5) is 0. The summed E-state index contributed by atoms with van der Waals surface area (Å²) < 4.78 is 0. The van der Waals surface area contributed by atoms with Gasteiger partial charge in [-0.05, 0) is 13.5 Å². The fourth-order valence-electron chi connectivity index (χ4n) is 0.645. The predicted octanol–water partition coefficient (Wildman–Crippen LogP) is 2.07. The molecule has 39 valence electrons. The highest BCUT2D eigenvalue weighted by atomic mass is 14.0. The van der Waals surface area contributed by atoms with Crippen LogP contribution in [0.4, 0.5) is 0 Å². The summed E-state index contributed by atoms with van der Waals surface area (Å²) in [5.74, 6) is 0. The van der Waals surface area contributed by atoms with Crippen molar-refractivity contribution in [1.82, 2.24) is 0 Å². The molecule has 1 aliphatic rings. The Morgan fingerprint density at radius 3 is 2.88 bits per heavy atom. The molecule has 0 aromatic rings. The standard InChI is InChI=1S/C8H8/c1-7-4-3-5-8(2)6-7/h3-5H,1H2,2H3/q+1. The van der Waals surface area contributed by atoms with E-state index in [2.05, 4.69) is 12.7 Å². The van der Waals surface area contributed by atoms with Gasteiger partial charge in [0.25, 0.3) is 0 Å². The molecular formula is C8H8+. The van der Waals surface area contributed by atoms with Gasteiger partial charge in [-0.2, -0.15) is 0 Å². The van der Waals surface area contributed by atoms with E-state index in [1.807, 2.05) is 25.5 Å². The lowest BCUT2D eigenvalue weighted by Gasteiger charge is -1.90. The molecule has 0 fully saturated rings. The molecule has 8 heavy (non-hydrogen) atoms. The van der Waals surface area contributed by atoms with Gasteiger partial charge in [-0.25, -0.2) is 0 Å². The van der Waals surface area contributed by atoms with Crippen LogP contribution in [-0.4, -0.2) is 0 Å². The fourth-order valence-corrected chi connectivity index (χ4v) is 0.645. The summed E-state index contributed by atoms with van der Waals surface area (Å²) in [5, 5.41) is 0. The Bertz CT molecular complexity index is 159. The second kappa shape index (κ2) is 1.91. The van der Waals surface area contributed by atoms with Crippen LogP contribution in [0.15, 0.2) is 29.9 Å². The highest BCUT2D eigenvalue weighted by molar-refractivity contribution is 5.36. The highest BCUT2D eigenvalue weighted by Gasteiger charge is 2.02. The first-order chi connectivity index (χ1) is 3.79. The van der Waals surface area contributed by atoms with Gasteiger partial charge in [-0.1, -0.05) is 0 Å². The van der Waals surface area contributed by atoms with Gasteiger partial charge in [0.15, 0.2) is 0 Å². The van der Waals surface area contributed by atoms with Gasteiger partial charge in [0.1, 0.15) is 11.6 Å². The van der Waals surface area contributed by atoms with Crippen molar-refractivity contribution in [3.8, 4) is 0 Å². The van der Waals surface area contributed by atoms with E-state index in [1.165, 1.54) is 0 Å². The van der Waals surface area contributed by atoms with Crippen molar-refractivity contribution in [2.75, 3.05) is 0 Å². The maximum Gasteiger partial charge on any atom is 0.122 e. The minimum atomic E-state index is 0.963. The summed E-state index contributed by atoms with van der Waals surface area (Å²) in [6.07, 6.45) is 8.99. The Kier molecular flexibility index (Phi) is 1.25. The van der Waals surface area contributed by atoms with Gasteiger partial charge < -0.3 is 0 Å². The SMILES string of the molecule is C=C1[C]=C(C)C=C[CH+]1. The molecule has 0 spiro atoms. The first-order valence-electron chi connectivity index (χ1n) is 2.60. The molecule has 0 atom stereocenters. The molecule has 0 N–H and O–H groups in total. The van der Waals surface area contributed by atoms with Crippen LogP contribution in [0.5, 0.6) is 0 Å². The second-order valence-corrected chi connectivity index (χ2v) is 1.86. The first kappa shape index (κ1) is 5.23. The van der Waals surface area contributed by atoms with E-state index >= 15 is 0 Å². The molecule has 0 heteroatoms. The summed E-state index contributed by atoms with van der Waals surface area (Å²) in [7, 11) is 0. The van der Waals surface area contributed by atoms with Crippen molar-refractivity contribution < 1.29 is 0 Å². The van der Waals surface area contributed by atoms with Gasteiger partial charge in [0.2, 0.25) is 0 Å². The Labute approximate surface area is 50.2 Å². The molecule has 0 bridgehead atoms. The van der Waals surface area contributed by atoms with Crippen molar-refractivity contribution in [3.63, 3.8) is 0 Å². The van der Waals surface area contributed by atoms with Crippen LogP contribution >= 0.6 is 0 Å². The third kappa shape index (κ3) is 1.03. The van der Waals surface area contributed by atoms with E-state index in [9.17, 15) is 0 Å². The molecule has 0 nitrogen and oxygen atoms in total. The van der Waals surface area contributed by atoms with Crippen molar-refractivity contribution in [1.29, 1.82) is 0 Å². The van der Waals surface area contributed by atoms with E-state index in [1.54, 1.807) is 0 Å². The quantitative estimate of drug-likeness (QED) is 0.413. The Hall–Kier alpha value is -0.910. The van der Waals surface area contributed by atoms with Crippen LogP contribution in [-0.2, 0) is 0 Å². The fraction of sp³-hybridized carbons (Fsp3) is 0.125. The average molecular weight is 104 g/mol. The van der Waals surface area contributed by atoms with Crippen LogP contribution in [0.1, 0.15) is 6.92 Å². The summed E-state index contributed by atoms with van der Waals surface area (Å²) >= 11 is 0. The van der Waals surface area contributed by atoms with Gasteiger partial charge in [-0.3, -0.25) is 0 Å².